The molecule has 30 heavy (non-hydrogen) atoms. The third-order valence-corrected chi connectivity index (χ3v) is 4.49. The number of hydrogen-bond acceptors (Lipinski definition) is 6. The number of hydrazone groups is 1. The molecule has 0 aliphatic heterocycles. The Bertz CT molecular complexity index is 1040. The third kappa shape index (κ3) is 5.11. The van der Waals surface area contributed by atoms with Crippen molar-refractivity contribution in [2.24, 2.45) is 5.10 Å². The highest BCUT2D eigenvalue weighted by Gasteiger charge is 2.12. The largest absolute Gasteiger partial charge is 0.494 e. The summed E-state index contributed by atoms with van der Waals surface area (Å²) in [7, 11) is 1.58. The van der Waals surface area contributed by atoms with Gasteiger partial charge in [-0.25, -0.2) is 5.43 Å². The Morgan fingerprint density at radius 3 is 2.73 bits per heavy atom. The number of ether oxygens (including phenoxy) is 3. The number of fused-ring (bicyclic) bond motifs is 1. The first kappa shape index (κ1) is 21.2. The predicted octanol–water partition coefficient (Wildman–Crippen LogP) is 4.78. The van der Waals surface area contributed by atoms with Crippen LogP contribution >= 0.6 is 0 Å². The van der Waals surface area contributed by atoms with Crippen molar-refractivity contribution in [1.29, 1.82) is 0 Å². The number of amides is 1. The Morgan fingerprint density at radius 2 is 2.00 bits per heavy atom. The molecule has 1 atom stereocenters. The number of hydrogen-bond donors (Lipinski definition) is 1. The Morgan fingerprint density at radius 1 is 1.17 bits per heavy atom. The van der Waals surface area contributed by atoms with Crippen LogP contribution in [-0.4, -0.2) is 31.9 Å². The molecule has 3 aromatic rings. The van der Waals surface area contributed by atoms with Gasteiger partial charge in [-0.2, -0.15) is 5.10 Å². The third-order valence-electron chi connectivity index (χ3n) is 4.49. The van der Waals surface area contributed by atoms with Crippen LogP contribution in [0.5, 0.6) is 17.2 Å². The van der Waals surface area contributed by atoms with Crippen molar-refractivity contribution in [3.63, 3.8) is 0 Å². The minimum atomic E-state index is -0.441. The van der Waals surface area contributed by atoms with Gasteiger partial charge >= 0.3 is 5.91 Å². The molecule has 0 aliphatic rings. The molecule has 158 valence electrons. The molecule has 7 nitrogen and oxygen atoms in total. The van der Waals surface area contributed by atoms with Crippen molar-refractivity contribution in [2.75, 3.05) is 13.7 Å². The average Bonchev–Trinajstić information content (AvgIpc) is 3.18. The SMILES string of the molecule is CCOc1ccc2oc(C(=O)N/N=C/c3ccc(O[C@H](C)CC)c(OC)c3)cc2c1. The molecule has 0 aliphatic carbocycles. The maximum atomic E-state index is 12.4. The molecule has 0 unspecified atom stereocenters. The molecule has 0 saturated carbocycles. The lowest BCUT2D eigenvalue weighted by Crippen LogP contribution is -2.16. The van der Waals surface area contributed by atoms with Gasteiger partial charge in [-0.1, -0.05) is 6.92 Å². The smallest absolute Gasteiger partial charge is 0.307 e. The highest BCUT2D eigenvalue weighted by atomic mass is 16.5. The fraction of sp³-hybridized carbons (Fsp3) is 0.304. The quantitative estimate of drug-likeness (QED) is 0.405. The lowest BCUT2D eigenvalue weighted by atomic mass is 10.2. The Kier molecular flexibility index (Phi) is 6.95. The molecule has 3 rings (SSSR count). The van der Waals surface area contributed by atoms with E-state index >= 15 is 0 Å². The van der Waals surface area contributed by atoms with E-state index in [1.807, 2.05) is 32.0 Å². The van der Waals surface area contributed by atoms with Gasteiger partial charge in [0.2, 0.25) is 0 Å². The van der Waals surface area contributed by atoms with Crippen LogP contribution in [0.3, 0.4) is 0 Å². The maximum Gasteiger partial charge on any atom is 0.307 e. The summed E-state index contributed by atoms with van der Waals surface area (Å²) in [4.78, 5) is 12.4. The average molecular weight is 410 g/mol. The van der Waals surface area contributed by atoms with Gasteiger partial charge in [0.05, 0.1) is 26.0 Å². The number of benzene rings is 2. The number of nitrogens with one attached hydrogen (secondary N) is 1. The Balaban J connectivity index is 1.67. The fourth-order valence-electron chi connectivity index (χ4n) is 2.77. The van der Waals surface area contributed by atoms with Crippen LogP contribution in [0.2, 0.25) is 0 Å². The molecular weight excluding hydrogens is 384 g/mol. The van der Waals surface area contributed by atoms with Crippen LogP contribution in [0.4, 0.5) is 0 Å². The summed E-state index contributed by atoms with van der Waals surface area (Å²) in [5, 5.41) is 4.80. The number of carbonyl (C=O) groups is 1. The molecule has 0 spiro atoms. The second-order valence-corrected chi connectivity index (χ2v) is 6.69. The van der Waals surface area contributed by atoms with Gasteiger partial charge in [0.1, 0.15) is 11.3 Å². The van der Waals surface area contributed by atoms with Gasteiger partial charge in [-0.15, -0.1) is 0 Å². The van der Waals surface area contributed by atoms with Gasteiger partial charge in [0.15, 0.2) is 17.3 Å². The van der Waals surface area contributed by atoms with E-state index < -0.39 is 5.91 Å². The predicted molar refractivity (Wildman–Crippen MR) is 116 cm³/mol. The zero-order valence-electron chi connectivity index (χ0n) is 17.6. The van der Waals surface area contributed by atoms with Crippen molar-refractivity contribution >= 4 is 23.1 Å². The molecule has 2 aromatic carbocycles. The number of carbonyl (C=O) groups excluding carboxylic acids is 1. The van der Waals surface area contributed by atoms with Gasteiger partial charge in [-0.05, 0) is 68.3 Å². The summed E-state index contributed by atoms with van der Waals surface area (Å²) in [6.07, 6.45) is 2.52. The summed E-state index contributed by atoms with van der Waals surface area (Å²) in [5.74, 6) is 1.73. The molecule has 0 radical (unpaired) electrons. The molecule has 0 bridgehead atoms. The zero-order chi connectivity index (χ0) is 21.5. The maximum absolute atomic E-state index is 12.4. The summed E-state index contributed by atoms with van der Waals surface area (Å²) in [6.45, 7) is 6.54. The summed E-state index contributed by atoms with van der Waals surface area (Å²) in [6, 6.07) is 12.5. The van der Waals surface area contributed by atoms with E-state index in [9.17, 15) is 4.79 Å². The topological polar surface area (TPSA) is 82.3 Å². The molecule has 0 fully saturated rings. The standard InChI is InChI=1S/C23H26N2O5/c1-5-15(3)29-20-9-7-16(11-21(20)27-4)14-24-25-23(26)22-13-17-12-18(28-6-2)8-10-19(17)30-22/h7-15H,5-6H2,1-4H3,(H,25,26)/b24-14+/t15-/m1/s1. The summed E-state index contributed by atoms with van der Waals surface area (Å²) in [5.41, 5.74) is 3.84. The van der Waals surface area contributed by atoms with E-state index in [2.05, 4.69) is 17.5 Å². The minimum absolute atomic E-state index is 0.0890. The fourth-order valence-corrected chi connectivity index (χ4v) is 2.77. The van der Waals surface area contributed by atoms with Gasteiger partial charge in [-0.3, -0.25) is 4.79 Å². The van der Waals surface area contributed by atoms with E-state index in [4.69, 9.17) is 18.6 Å². The van der Waals surface area contributed by atoms with E-state index in [0.717, 1.165) is 23.1 Å². The molecular formula is C23H26N2O5. The van der Waals surface area contributed by atoms with E-state index in [1.54, 1.807) is 31.4 Å². The van der Waals surface area contributed by atoms with E-state index in [-0.39, 0.29) is 11.9 Å². The lowest BCUT2D eigenvalue weighted by molar-refractivity contribution is 0.0929. The van der Waals surface area contributed by atoms with Crippen LogP contribution in [0.25, 0.3) is 11.0 Å². The lowest BCUT2D eigenvalue weighted by Gasteiger charge is -2.15. The number of methoxy groups -OCH3 is 1. The zero-order valence-corrected chi connectivity index (χ0v) is 17.6. The second kappa shape index (κ2) is 9.82. The van der Waals surface area contributed by atoms with Crippen molar-refractivity contribution in [3.8, 4) is 17.2 Å². The van der Waals surface area contributed by atoms with Crippen LogP contribution in [-0.2, 0) is 0 Å². The first-order valence-corrected chi connectivity index (χ1v) is 9.88. The Hall–Kier alpha value is -3.48. The monoisotopic (exact) mass is 410 g/mol. The van der Waals surface area contributed by atoms with Gasteiger partial charge < -0.3 is 18.6 Å². The molecule has 1 amide bonds. The van der Waals surface area contributed by atoms with E-state index in [1.165, 1.54) is 6.21 Å². The molecule has 1 heterocycles. The first-order valence-electron chi connectivity index (χ1n) is 9.88. The normalized spacial score (nSPS) is 12.1. The Labute approximate surface area is 175 Å². The van der Waals surface area contributed by atoms with Crippen molar-refractivity contribution in [1.82, 2.24) is 5.43 Å². The van der Waals surface area contributed by atoms with Crippen LogP contribution in [0.15, 0.2) is 52.0 Å². The van der Waals surface area contributed by atoms with Crippen molar-refractivity contribution < 1.29 is 23.4 Å². The van der Waals surface area contributed by atoms with Crippen LogP contribution in [0.1, 0.15) is 43.3 Å². The van der Waals surface area contributed by atoms with Crippen molar-refractivity contribution in [3.05, 3.63) is 53.8 Å². The number of furan rings is 1. The second-order valence-electron chi connectivity index (χ2n) is 6.69. The van der Waals surface area contributed by atoms with Gasteiger partial charge in [0, 0.05) is 5.39 Å². The molecule has 0 saturated heterocycles. The first-order chi connectivity index (χ1) is 14.5. The van der Waals surface area contributed by atoms with E-state index in [0.29, 0.717) is 23.7 Å². The number of rotatable bonds is 9. The summed E-state index contributed by atoms with van der Waals surface area (Å²) < 4.78 is 22.3. The molecule has 1 N–H and O–H groups in total. The highest BCUT2D eigenvalue weighted by Crippen LogP contribution is 2.29. The van der Waals surface area contributed by atoms with Crippen LogP contribution < -0.4 is 19.6 Å². The molecule has 1 aromatic heterocycles. The highest BCUT2D eigenvalue weighted by molar-refractivity contribution is 5.96. The summed E-state index contributed by atoms with van der Waals surface area (Å²) >= 11 is 0. The molecule has 7 heteroatoms. The minimum Gasteiger partial charge on any atom is -0.494 e. The van der Waals surface area contributed by atoms with Crippen LogP contribution in [0, 0.1) is 0 Å². The van der Waals surface area contributed by atoms with Crippen molar-refractivity contribution in [2.45, 2.75) is 33.3 Å². The van der Waals surface area contributed by atoms with Gasteiger partial charge in [0.25, 0.3) is 0 Å². The number of nitrogens with zero attached hydrogens (tertiary/aromatic N) is 1.